The summed E-state index contributed by atoms with van der Waals surface area (Å²) in [4.78, 5) is 8.67. The van der Waals surface area contributed by atoms with Gasteiger partial charge in [0.15, 0.2) is 0 Å². The fraction of sp³-hybridized carbons (Fsp3) is 0.286. The van der Waals surface area contributed by atoms with Gasteiger partial charge < -0.3 is 11.1 Å². The molecule has 4 heteroatoms. The minimum Gasteiger partial charge on any atom is -0.354 e. The number of nitrogens with one attached hydrogen (secondary N) is 1. The van der Waals surface area contributed by atoms with E-state index in [-0.39, 0.29) is 0 Å². The summed E-state index contributed by atoms with van der Waals surface area (Å²) in [5.74, 6) is 0.654. The van der Waals surface area contributed by atoms with Crippen LogP contribution in [0.15, 0.2) is 36.5 Å². The van der Waals surface area contributed by atoms with E-state index in [0.29, 0.717) is 12.5 Å². The van der Waals surface area contributed by atoms with E-state index < -0.39 is 0 Å². The summed E-state index contributed by atoms with van der Waals surface area (Å²) in [5, 5.41) is 3.16. The number of hydrogen-bond donors (Lipinski definition) is 2. The van der Waals surface area contributed by atoms with Gasteiger partial charge in [-0.05, 0) is 26.0 Å². The first-order valence-electron chi connectivity index (χ1n) is 6.13. The highest BCUT2D eigenvalue weighted by atomic mass is 15.1. The average Bonchev–Trinajstić information content (AvgIpc) is 2.40. The van der Waals surface area contributed by atoms with Crippen molar-refractivity contribution in [1.29, 1.82) is 0 Å². The van der Waals surface area contributed by atoms with Crippen molar-refractivity contribution < 1.29 is 0 Å². The molecule has 3 N–H and O–H groups in total. The molecule has 0 aliphatic rings. The molecule has 94 valence electrons. The molecule has 0 unspecified atom stereocenters. The van der Waals surface area contributed by atoms with Gasteiger partial charge in [0.05, 0.1) is 5.69 Å². The van der Waals surface area contributed by atoms with Crippen LogP contribution in [-0.2, 0) is 0 Å². The molecule has 0 aliphatic heterocycles. The maximum atomic E-state index is 5.45. The lowest BCUT2D eigenvalue weighted by Crippen LogP contribution is -2.10. The van der Waals surface area contributed by atoms with Gasteiger partial charge in [-0.15, -0.1) is 0 Å². The Morgan fingerprint density at radius 1 is 1.17 bits per heavy atom. The maximum absolute atomic E-state index is 5.45. The molecule has 0 saturated heterocycles. The number of nitrogens with zero attached hydrogens (tertiary/aromatic N) is 2. The van der Waals surface area contributed by atoms with E-state index in [2.05, 4.69) is 46.5 Å². The molecule has 1 aromatic heterocycles. The molecule has 0 spiro atoms. The lowest BCUT2D eigenvalue weighted by molar-refractivity contribution is 0.864. The molecule has 0 atom stereocenters. The van der Waals surface area contributed by atoms with Crippen LogP contribution in [0.2, 0.25) is 0 Å². The zero-order valence-electron chi connectivity index (χ0n) is 10.6. The van der Waals surface area contributed by atoms with Gasteiger partial charge in [-0.2, -0.15) is 0 Å². The fourth-order valence-electron chi connectivity index (χ4n) is 1.63. The lowest BCUT2D eigenvalue weighted by Gasteiger charge is -2.06. The van der Waals surface area contributed by atoms with Crippen LogP contribution in [-0.4, -0.2) is 23.1 Å². The zero-order chi connectivity index (χ0) is 12.8. The Morgan fingerprint density at radius 2 is 1.94 bits per heavy atom. The van der Waals surface area contributed by atoms with E-state index in [1.807, 2.05) is 6.07 Å². The average molecular weight is 242 g/mol. The van der Waals surface area contributed by atoms with Crippen LogP contribution in [0.1, 0.15) is 12.0 Å². The van der Waals surface area contributed by atoms with E-state index in [1.165, 1.54) is 5.56 Å². The van der Waals surface area contributed by atoms with Gasteiger partial charge in [-0.3, -0.25) is 0 Å². The first-order chi connectivity index (χ1) is 8.79. The molecule has 4 nitrogen and oxygen atoms in total. The molecule has 0 bridgehead atoms. The molecule has 0 aliphatic carbocycles. The second-order valence-corrected chi connectivity index (χ2v) is 4.20. The van der Waals surface area contributed by atoms with E-state index >= 15 is 0 Å². The summed E-state index contributed by atoms with van der Waals surface area (Å²) in [6.07, 6.45) is 2.69. The number of nitrogens with two attached hydrogens (primary N) is 1. The van der Waals surface area contributed by atoms with Crippen molar-refractivity contribution in [2.45, 2.75) is 13.3 Å². The summed E-state index contributed by atoms with van der Waals surface area (Å²) < 4.78 is 0. The molecule has 1 heterocycles. The van der Waals surface area contributed by atoms with Crippen molar-refractivity contribution >= 4 is 5.95 Å². The molecule has 0 amide bonds. The van der Waals surface area contributed by atoms with Gasteiger partial charge in [-0.1, -0.05) is 29.8 Å². The Bertz CT molecular complexity index is 493. The van der Waals surface area contributed by atoms with Crippen molar-refractivity contribution in [2.75, 3.05) is 18.4 Å². The van der Waals surface area contributed by atoms with Crippen molar-refractivity contribution in [3.63, 3.8) is 0 Å². The number of anilines is 1. The van der Waals surface area contributed by atoms with Gasteiger partial charge in [0.2, 0.25) is 5.95 Å². The van der Waals surface area contributed by atoms with Gasteiger partial charge in [-0.25, -0.2) is 9.97 Å². The summed E-state index contributed by atoms with van der Waals surface area (Å²) in [5.41, 5.74) is 8.72. The normalized spacial score (nSPS) is 10.3. The number of aryl methyl sites for hydroxylation is 1. The Kier molecular flexibility index (Phi) is 4.25. The third-order valence-electron chi connectivity index (χ3n) is 2.67. The van der Waals surface area contributed by atoms with Crippen LogP contribution in [0.4, 0.5) is 5.95 Å². The fourth-order valence-corrected chi connectivity index (χ4v) is 1.63. The van der Waals surface area contributed by atoms with Crippen molar-refractivity contribution in [3.05, 3.63) is 42.1 Å². The molecule has 0 fully saturated rings. The molecule has 0 radical (unpaired) electrons. The van der Waals surface area contributed by atoms with Crippen LogP contribution < -0.4 is 11.1 Å². The quantitative estimate of drug-likeness (QED) is 0.789. The van der Waals surface area contributed by atoms with Crippen molar-refractivity contribution in [2.24, 2.45) is 5.73 Å². The smallest absolute Gasteiger partial charge is 0.223 e. The second-order valence-electron chi connectivity index (χ2n) is 4.20. The van der Waals surface area contributed by atoms with Gasteiger partial charge in [0, 0.05) is 18.3 Å². The molecule has 1 aromatic carbocycles. The first-order valence-corrected chi connectivity index (χ1v) is 6.13. The summed E-state index contributed by atoms with van der Waals surface area (Å²) in [6.45, 7) is 3.54. The minimum atomic E-state index is 0.654. The molecule has 0 saturated carbocycles. The lowest BCUT2D eigenvalue weighted by atomic mass is 10.1. The van der Waals surface area contributed by atoms with E-state index in [4.69, 9.17) is 5.73 Å². The predicted octanol–water partition coefficient (Wildman–Crippen LogP) is 2.21. The second kappa shape index (κ2) is 6.12. The van der Waals surface area contributed by atoms with Gasteiger partial charge in [0.25, 0.3) is 0 Å². The predicted molar refractivity (Wildman–Crippen MR) is 74.4 cm³/mol. The topological polar surface area (TPSA) is 63.8 Å². The summed E-state index contributed by atoms with van der Waals surface area (Å²) >= 11 is 0. The van der Waals surface area contributed by atoms with E-state index in [1.54, 1.807) is 6.20 Å². The largest absolute Gasteiger partial charge is 0.354 e. The van der Waals surface area contributed by atoms with E-state index in [9.17, 15) is 0 Å². The summed E-state index contributed by atoms with van der Waals surface area (Å²) in [6, 6.07) is 10.2. The Labute approximate surface area is 107 Å². The Balaban J connectivity index is 2.13. The Hall–Kier alpha value is -1.94. The third kappa shape index (κ3) is 3.28. The zero-order valence-corrected chi connectivity index (χ0v) is 10.6. The Morgan fingerprint density at radius 3 is 2.67 bits per heavy atom. The molecule has 2 rings (SSSR count). The van der Waals surface area contributed by atoms with Crippen LogP contribution in [0.25, 0.3) is 11.3 Å². The SMILES string of the molecule is Cc1ccc(-c2ccnc(NCCCN)n2)cc1. The van der Waals surface area contributed by atoms with Gasteiger partial charge >= 0.3 is 0 Å². The number of benzene rings is 1. The van der Waals surface area contributed by atoms with Crippen LogP contribution in [0.5, 0.6) is 0 Å². The number of aromatic nitrogens is 2. The highest BCUT2D eigenvalue weighted by Crippen LogP contribution is 2.17. The van der Waals surface area contributed by atoms with Crippen LogP contribution in [0, 0.1) is 6.92 Å². The van der Waals surface area contributed by atoms with Crippen LogP contribution >= 0.6 is 0 Å². The minimum absolute atomic E-state index is 0.654. The monoisotopic (exact) mass is 242 g/mol. The molecular weight excluding hydrogens is 224 g/mol. The third-order valence-corrected chi connectivity index (χ3v) is 2.67. The molecular formula is C14H18N4. The highest BCUT2D eigenvalue weighted by molar-refractivity contribution is 5.60. The summed E-state index contributed by atoms with van der Waals surface area (Å²) in [7, 11) is 0. The molecule has 18 heavy (non-hydrogen) atoms. The van der Waals surface area contributed by atoms with Crippen LogP contribution in [0.3, 0.4) is 0 Å². The van der Waals surface area contributed by atoms with E-state index in [0.717, 1.165) is 24.2 Å². The number of hydrogen-bond acceptors (Lipinski definition) is 4. The maximum Gasteiger partial charge on any atom is 0.223 e. The number of rotatable bonds is 5. The van der Waals surface area contributed by atoms with Gasteiger partial charge in [0.1, 0.15) is 0 Å². The first kappa shape index (κ1) is 12.5. The standard InChI is InChI=1S/C14H18N4/c1-11-3-5-12(6-4-11)13-7-10-17-14(18-13)16-9-2-8-15/h3-7,10H,2,8-9,15H2,1H3,(H,16,17,18). The van der Waals surface area contributed by atoms with Crippen molar-refractivity contribution in [3.8, 4) is 11.3 Å². The van der Waals surface area contributed by atoms with Crippen molar-refractivity contribution in [1.82, 2.24) is 9.97 Å². The molecule has 2 aromatic rings. The highest BCUT2D eigenvalue weighted by Gasteiger charge is 2.01.